The van der Waals surface area contributed by atoms with Crippen LogP contribution in [0.1, 0.15) is 99.6 Å². The molecule has 1 spiro atoms. The number of unbranched alkanes of at least 4 members (excludes halogenated alkanes) is 2. The van der Waals surface area contributed by atoms with Gasteiger partial charge >= 0.3 is 6.16 Å². The SMILES string of the molecule is COC1=NO[C@@]2(CC[C@H](C)N3C[C@H]2n2cc(C(=O)NCc4ccc(F)cc4F)c(=O)c(OCOC(=O)OCCCCCC(C)C)c2C3=O)C1.[HH]. The largest absolute Gasteiger partial charge is 0.511 e. The summed E-state index contributed by atoms with van der Waals surface area (Å²) in [6.07, 6.45) is 5.13. The van der Waals surface area contributed by atoms with E-state index in [2.05, 4.69) is 24.3 Å². The molecule has 0 radical (unpaired) electrons. The molecular formula is C34H44F2N4O9. The minimum absolute atomic E-state index is 0. The highest BCUT2D eigenvalue weighted by molar-refractivity contribution is 5.99. The summed E-state index contributed by atoms with van der Waals surface area (Å²) in [6.45, 7) is 5.32. The van der Waals surface area contributed by atoms with Gasteiger partial charge in [-0.25, -0.2) is 13.6 Å². The maximum atomic E-state index is 14.3. The van der Waals surface area contributed by atoms with Gasteiger partial charge in [0.15, 0.2) is 11.3 Å². The maximum absolute atomic E-state index is 14.3. The Labute approximate surface area is 283 Å². The van der Waals surface area contributed by atoms with E-state index in [-0.39, 0.29) is 44.8 Å². The van der Waals surface area contributed by atoms with E-state index in [0.717, 1.165) is 25.3 Å². The van der Waals surface area contributed by atoms with Gasteiger partial charge in [0, 0.05) is 38.4 Å². The minimum Gasteiger partial charge on any atom is -0.482 e. The van der Waals surface area contributed by atoms with Gasteiger partial charge in [0.25, 0.3) is 11.8 Å². The van der Waals surface area contributed by atoms with Crippen molar-refractivity contribution in [3.05, 3.63) is 63.1 Å². The second-order valence-electron chi connectivity index (χ2n) is 13.0. The van der Waals surface area contributed by atoms with Gasteiger partial charge in [-0.1, -0.05) is 44.3 Å². The Balaban J connectivity index is 0.00000562. The molecule has 0 unspecified atom stereocenters. The number of amides is 2. The maximum Gasteiger partial charge on any atom is 0.511 e. The Morgan fingerprint density at radius 3 is 2.69 bits per heavy atom. The zero-order chi connectivity index (χ0) is 35.3. The summed E-state index contributed by atoms with van der Waals surface area (Å²) in [4.78, 5) is 61.3. The quantitative estimate of drug-likeness (QED) is 0.178. The van der Waals surface area contributed by atoms with Crippen LogP contribution in [0.2, 0.25) is 0 Å². The summed E-state index contributed by atoms with van der Waals surface area (Å²) in [5.41, 5.74) is -2.54. The number of halogens is 2. The topological polar surface area (TPSA) is 147 Å². The highest BCUT2D eigenvalue weighted by Crippen LogP contribution is 2.46. The Kier molecular flexibility index (Phi) is 11.1. The molecular weight excluding hydrogens is 646 g/mol. The summed E-state index contributed by atoms with van der Waals surface area (Å²) in [5.74, 6) is -2.67. The van der Waals surface area contributed by atoms with E-state index in [1.807, 2.05) is 6.92 Å². The van der Waals surface area contributed by atoms with E-state index < -0.39 is 64.8 Å². The first kappa shape index (κ1) is 35.6. The van der Waals surface area contributed by atoms with Crippen molar-refractivity contribution in [1.82, 2.24) is 14.8 Å². The van der Waals surface area contributed by atoms with E-state index in [9.17, 15) is 28.0 Å². The zero-order valence-corrected chi connectivity index (χ0v) is 28.1. The van der Waals surface area contributed by atoms with Crippen molar-refractivity contribution in [1.29, 1.82) is 0 Å². The monoisotopic (exact) mass is 690 g/mol. The Bertz CT molecular complexity index is 1670. The first-order valence-electron chi connectivity index (χ1n) is 16.5. The van der Waals surface area contributed by atoms with Crippen LogP contribution in [0.4, 0.5) is 13.6 Å². The van der Waals surface area contributed by atoms with Crippen molar-refractivity contribution < 1.29 is 48.4 Å². The lowest BCUT2D eigenvalue weighted by molar-refractivity contribution is -0.0658. The molecule has 1 aromatic heterocycles. The van der Waals surface area contributed by atoms with Crippen molar-refractivity contribution in [3.8, 4) is 5.75 Å². The molecule has 2 aromatic rings. The van der Waals surface area contributed by atoms with Gasteiger partial charge in [0.1, 0.15) is 17.2 Å². The number of rotatable bonds is 12. The number of oxime groups is 1. The lowest BCUT2D eigenvalue weighted by atomic mass is 9.85. The van der Waals surface area contributed by atoms with E-state index in [1.165, 1.54) is 23.9 Å². The molecule has 1 saturated heterocycles. The molecule has 13 nitrogen and oxygen atoms in total. The number of ether oxygens (including phenoxy) is 4. The van der Waals surface area contributed by atoms with Crippen molar-refractivity contribution in [2.24, 2.45) is 11.1 Å². The van der Waals surface area contributed by atoms with Gasteiger partial charge in [-0.15, -0.1) is 0 Å². The molecule has 5 rings (SSSR count). The third kappa shape index (κ3) is 7.81. The Morgan fingerprint density at radius 2 is 1.98 bits per heavy atom. The summed E-state index contributed by atoms with van der Waals surface area (Å²) in [5, 5.41) is 6.59. The number of nitrogens with zero attached hydrogens (tertiary/aromatic N) is 3. The van der Waals surface area contributed by atoms with E-state index >= 15 is 0 Å². The highest BCUT2D eigenvalue weighted by Gasteiger charge is 2.55. The number of nitrogens with one attached hydrogen (secondary N) is 1. The minimum atomic E-state index is -1.02. The Morgan fingerprint density at radius 1 is 1.18 bits per heavy atom. The molecule has 3 atom stereocenters. The van der Waals surface area contributed by atoms with Gasteiger partial charge in [0.2, 0.25) is 23.9 Å². The zero-order valence-electron chi connectivity index (χ0n) is 28.1. The van der Waals surface area contributed by atoms with E-state index in [0.29, 0.717) is 37.1 Å². The van der Waals surface area contributed by atoms with Crippen LogP contribution in [0.3, 0.4) is 0 Å². The van der Waals surface area contributed by atoms with Gasteiger partial charge in [-0.3, -0.25) is 14.4 Å². The average molecular weight is 691 g/mol. The fourth-order valence-electron chi connectivity index (χ4n) is 6.41. The summed E-state index contributed by atoms with van der Waals surface area (Å²) < 4.78 is 50.5. The van der Waals surface area contributed by atoms with Crippen molar-refractivity contribution >= 4 is 23.9 Å². The average Bonchev–Trinajstić information content (AvgIpc) is 3.44. The molecule has 0 saturated carbocycles. The molecule has 3 aliphatic heterocycles. The first-order chi connectivity index (χ1) is 23.4. The lowest BCUT2D eigenvalue weighted by Crippen LogP contribution is -2.52. The highest BCUT2D eigenvalue weighted by atomic mass is 19.1. The third-order valence-corrected chi connectivity index (χ3v) is 9.23. The molecule has 0 aliphatic carbocycles. The Hall–Kier alpha value is -4.69. The standard InChI is InChI=1S/C34H42F2N4O9.H2/c1-20(2)8-6-5-7-13-46-33(44)48-19-47-30-28-32(43)39-18-26(34(12-11-21(39)3)15-27(45-4)38-49-34)40(28)17-24(29(30)41)31(42)37-16-22-9-10-23(35)14-25(22)36;/h9-10,14,17,20-21,26H,5-8,11-13,15-16,18-19H2,1-4H3,(H,37,42);1H/t21-,26+,34-;/m0./s1. The predicted molar refractivity (Wildman–Crippen MR) is 173 cm³/mol. The van der Waals surface area contributed by atoms with Gasteiger partial charge < -0.3 is 38.6 Å². The smallest absolute Gasteiger partial charge is 0.482 e. The molecule has 4 heterocycles. The van der Waals surface area contributed by atoms with Crippen LogP contribution < -0.4 is 15.5 Å². The third-order valence-electron chi connectivity index (χ3n) is 9.23. The number of aromatic nitrogens is 1. The molecule has 1 aromatic carbocycles. The number of carbonyl (C=O) groups excluding carboxylic acids is 3. The molecule has 1 fully saturated rings. The summed E-state index contributed by atoms with van der Waals surface area (Å²) in [7, 11) is 1.47. The van der Waals surface area contributed by atoms with Crippen LogP contribution in [-0.2, 0) is 25.6 Å². The van der Waals surface area contributed by atoms with Crippen molar-refractivity contribution in [2.75, 3.05) is 27.1 Å². The number of carbonyl (C=O) groups is 3. The summed E-state index contributed by atoms with van der Waals surface area (Å²) >= 11 is 0. The van der Waals surface area contributed by atoms with Crippen LogP contribution in [0.5, 0.6) is 5.75 Å². The fraction of sp³-hybridized carbons (Fsp3) is 0.559. The van der Waals surface area contributed by atoms with Crippen molar-refractivity contribution in [2.45, 2.75) is 89.9 Å². The lowest BCUT2D eigenvalue weighted by Gasteiger charge is -2.42. The fourth-order valence-corrected chi connectivity index (χ4v) is 6.41. The van der Waals surface area contributed by atoms with Crippen LogP contribution in [0, 0.1) is 17.6 Å². The molecule has 15 heteroatoms. The van der Waals surface area contributed by atoms with Crippen LogP contribution in [0.25, 0.3) is 0 Å². The number of pyridine rings is 1. The first-order valence-corrected chi connectivity index (χ1v) is 16.5. The number of hydrogen-bond donors (Lipinski definition) is 1. The van der Waals surface area contributed by atoms with Crippen molar-refractivity contribution in [3.63, 3.8) is 0 Å². The second kappa shape index (κ2) is 15.2. The van der Waals surface area contributed by atoms with E-state index in [4.69, 9.17) is 23.8 Å². The van der Waals surface area contributed by atoms with E-state index in [1.54, 1.807) is 4.90 Å². The summed E-state index contributed by atoms with van der Waals surface area (Å²) in [6, 6.07) is 2.01. The number of fused-ring (bicyclic) bond motifs is 5. The molecule has 268 valence electrons. The molecule has 2 amide bonds. The molecule has 2 bridgehead atoms. The van der Waals surface area contributed by atoms with Gasteiger partial charge in [-0.05, 0) is 38.2 Å². The number of benzene rings is 1. The second-order valence-corrected chi connectivity index (χ2v) is 13.0. The van der Waals surface area contributed by atoms with Gasteiger partial charge in [-0.2, -0.15) is 0 Å². The van der Waals surface area contributed by atoms with Crippen LogP contribution in [0.15, 0.2) is 34.3 Å². The normalized spacial score (nSPS) is 21.1. The van der Waals surface area contributed by atoms with Crippen LogP contribution >= 0.6 is 0 Å². The number of methoxy groups -OCH3 is 1. The molecule has 1 N–H and O–H groups in total. The predicted octanol–water partition coefficient (Wildman–Crippen LogP) is 5.31. The number of hydrogen-bond acceptors (Lipinski definition) is 10. The molecule has 49 heavy (non-hydrogen) atoms. The molecule has 3 aliphatic rings. The van der Waals surface area contributed by atoms with Gasteiger partial charge in [0.05, 0.1) is 26.2 Å². The van der Waals surface area contributed by atoms with Crippen LogP contribution in [-0.4, -0.2) is 72.0 Å².